The average molecular weight is 619 g/mol. The first-order valence-corrected chi connectivity index (χ1v) is 15.0. The monoisotopic (exact) mass is 618 g/mol. The summed E-state index contributed by atoms with van der Waals surface area (Å²) in [6, 6.07) is 29.6. The van der Waals surface area contributed by atoms with Crippen LogP contribution in [0.1, 0.15) is 34.8 Å². The molecule has 0 saturated carbocycles. The van der Waals surface area contributed by atoms with Gasteiger partial charge in [0.25, 0.3) is 11.8 Å². The number of carbonyl (C=O) groups is 5. The van der Waals surface area contributed by atoms with Crippen molar-refractivity contribution in [3.63, 3.8) is 0 Å². The fraction of sp³-hybridized carbons (Fsp3) is 0.114. The van der Waals surface area contributed by atoms with Crippen LogP contribution in [0.4, 0.5) is 17.1 Å². The Hall–Kier alpha value is -5.48. The lowest BCUT2D eigenvalue weighted by Gasteiger charge is -2.16. The number of nitrogens with zero attached hydrogens (tertiary/aromatic N) is 1. The van der Waals surface area contributed by atoms with E-state index >= 15 is 0 Å². The van der Waals surface area contributed by atoms with E-state index in [0.29, 0.717) is 22.6 Å². The molecule has 0 bridgehead atoms. The summed E-state index contributed by atoms with van der Waals surface area (Å²) >= 11 is 1.27. The van der Waals surface area contributed by atoms with E-state index in [9.17, 15) is 24.0 Å². The Kier molecular flexibility index (Phi) is 9.54. The summed E-state index contributed by atoms with van der Waals surface area (Å²) in [7, 11) is 0. The van der Waals surface area contributed by atoms with E-state index in [-0.39, 0.29) is 29.8 Å². The first-order valence-electron chi connectivity index (χ1n) is 14.1. The van der Waals surface area contributed by atoms with Crippen LogP contribution in [0.25, 0.3) is 6.08 Å². The predicted octanol–water partition coefficient (Wildman–Crippen LogP) is 5.79. The van der Waals surface area contributed by atoms with Gasteiger partial charge in [0.2, 0.25) is 17.7 Å². The number of amides is 5. The number of hydrogen-bond donors (Lipinski definition) is 3. The number of anilines is 3. The van der Waals surface area contributed by atoms with Gasteiger partial charge in [0.05, 0.1) is 10.9 Å². The summed E-state index contributed by atoms with van der Waals surface area (Å²) in [5.74, 6) is -1.76. The molecule has 9 nitrogen and oxygen atoms in total. The fourth-order valence-electron chi connectivity index (χ4n) is 4.69. The molecule has 0 aliphatic carbocycles. The van der Waals surface area contributed by atoms with Crippen molar-refractivity contribution in [1.29, 1.82) is 0 Å². The molecule has 4 aromatic carbocycles. The van der Waals surface area contributed by atoms with Crippen LogP contribution in [0.15, 0.2) is 114 Å². The fourth-order valence-corrected chi connectivity index (χ4v) is 5.74. The molecule has 1 aliphatic heterocycles. The van der Waals surface area contributed by atoms with Gasteiger partial charge in [-0.2, -0.15) is 0 Å². The summed E-state index contributed by atoms with van der Waals surface area (Å²) in [4.78, 5) is 65.4. The summed E-state index contributed by atoms with van der Waals surface area (Å²) in [5, 5.41) is 7.62. The van der Waals surface area contributed by atoms with Gasteiger partial charge in [-0.1, -0.05) is 42.5 Å². The first kappa shape index (κ1) is 31.0. The SMILES string of the molecule is CC(=O)Nc1ccc(N2C(=O)CC(Sc3ccc(NC(=O)/C(=C/c4ccccc4C)NC(=O)c4ccccc4)cc3)C2=O)cc1. The van der Waals surface area contributed by atoms with Gasteiger partial charge in [-0.05, 0) is 84.8 Å². The lowest BCUT2D eigenvalue weighted by atomic mass is 10.1. The van der Waals surface area contributed by atoms with Crippen LogP contribution in [-0.2, 0) is 19.2 Å². The lowest BCUT2D eigenvalue weighted by Crippen LogP contribution is -2.31. The molecule has 5 amide bonds. The van der Waals surface area contributed by atoms with Gasteiger partial charge in [0.15, 0.2) is 0 Å². The van der Waals surface area contributed by atoms with Crippen molar-refractivity contribution < 1.29 is 24.0 Å². The molecule has 5 rings (SSSR count). The lowest BCUT2D eigenvalue weighted by molar-refractivity contribution is -0.121. The molecule has 1 unspecified atom stereocenters. The van der Waals surface area contributed by atoms with Gasteiger partial charge >= 0.3 is 0 Å². The van der Waals surface area contributed by atoms with E-state index in [1.165, 1.54) is 18.7 Å². The van der Waals surface area contributed by atoms with Crippen molar-refractivity contribution in [3.8, 4) is 0 Å². The Bertz CT molecular complexity index is 1790. The highest BCUT2D eigenvalue weighted by Crippen LogP contribution is 2.34. The number of nitrogens with one attached hydrogen (secondary N) is 3. The molecular formula is C35H30N4O5S. The number of imide groups is 1. The summed E-state index contributed by atoms with van der Waals surface area (Å²) in [6.07, 6.45) is 1.68. The molecule has 4 aromatic rings. The van der Waals surface area contributed by atoms with E-state index in [0.717, 1.165) is 20.9 Å². The Balaban J connectivity index is 1.26. The van der Waals surface area contributed by atoms with Crippen molar-refractivity contribution in [2.24, 2.45) is 0 Å². The average Bonchev–Trinajstić information content (AvgIpc) is 3.31. The van der Waals surface area contributed by atoms with Crippen LogP contribution in [0.5, 0.6) is 0 Å². The number of aryl methyl sites for hydroxylation is 1. The number of benzene rings is 4. The zero-order valence-corrected chi connectivity index (χ0v) is 25.4. The molecule has 45 heavy (non-hydrogen) atoms. The minimum atomic E-state index is -0.607. The number of hydrogen-bond acceptors (Lipinski definition) is 6. The summed E-state index contributed by atoms with van der Waals surface area (Å²) < 4.78 is 0. The van der Waals surface area contributed by atoms with Crippen LogP contribution < -0.4 is 20.9 Å². The molecule has 0 spiro atoms. The van der Waals surface area contributed by atoms with E-state index in [2.05, 4.69) is 16.0 Å². The molecule has 0 aromatic heterocycles. The van der Waals surface area contributed by atoms with Crippen LogP contribution >= 0.6 is 11.8 Å². The second-order valence-electron chi connectivity index (χ2n) is 10.3. The highest BCUT2D eigenvalue weighted by atomic mass is 32.2. The minimum Gasteiger partial charge on any atom is -0.326 e. The highest BCUT2D eigenvalue weighted by molar-refractivity contribution is 8.00. The largest absolute Gasteiger partial charge is 0.326 e. The molecular weight excluding hydrogens is 588 g/mol. The van der Waals surface area contributed by atoms with Gasteiger partial charge in [-0.15, -0.1) is 11.8 Å². The van der Waals surface area contributed by atoms with Gasteiger partial charge in [-0.25, -0.2) is 4.90 Å². The molecule has 226 valence electrons. The third kappa shape index (κ3) is 7.73. The Morgan fingerprint density at radius 1 is 0.800 bits per heavy atom. The van der Waals surface area contributed by atoms with E-state index in [1.807, 2.05) is 31.2 Å². The van der Waals surface area contributed by atoms with Gasteiger partial charge in [0.1, 0.15) is 5.70 Å². The molecule has 10 heteroatoms. The molecule has 1 atom stereocenters. The van der Waals surface area contributed by atoms with Crippen molar-refractivity contribution >= 4 is 64.4 Å². The van der Waals surface area contributed by atoms with E-state index in [1.54, 1.807) is 84.9 Å². The van der Waals surface area contributed by atoms with Crippen LogP contribution in [0.3, 0.4) is 0 Å². The number of carbonyl (C=O) groups excluding carboxylic acids is 5. The predicted molar refractivity (Wildman–Crippen MR) is 176 cm³/mol. The molecule has 0 radical (unpaired) electrons. The Morgan fingerprint density at radius 3 is 2.09 bits per heavy atom. The standard InChI is InChI=1S/C35H30N4O5S/c1-22-8-6-7-11-25(22)20-30(38-33(42)24-9-4-3-5-10-24)34(43)37-27-14-18-29(19-15-27)45-31-21-32(41)39(35(31)44)28-16-12-26(13-17-28)36-23(2)40/h3-20,31H,21H2,1-2H3,(H,36,40)(H,37,43)(H,38,42)/b30-20-. The molecule has 3 N–H and O–H groups in total. The van der Waals surface area contributed by atoms with Crippen molar-refractivity contribution in [2.75, 3.05) is 15.5 Å². The zero-order valence-electron chi connectivity index (χ0n) is 24.6. The van der Waals surface area contributed by atoms with Crippen molar-refractivity contribution in [1.82, 2.24) is 5.32 Å². The summed E-state index contributed by atoms with van der Waals surface area (Å²) in [5.41, 5.74) is 3.73. The summed E-state index contributed by atoms with van der Waals surface area (Å²) in [6.45, 7) is 3.32. The Labute approximate surface area is 264 Å². The topological polar surface area (TPSA) is 125 Å². The molecule has 1 saturated heterocycles. The number of thioether (sulfide) groups is 1. The maximum absolute atomic E-state index is 13.4. The van der Waals surface area contributed by atoms with Crippen LogP contribution in [0, 0.1) is 6.92 Å². The van der Waals surface area contributed by atoms with Gasteiger partial charge in [0, 0.05) is 35.2 Å². The minimum absolute atomic E-state index is 0.0452. The van der Waals surface area contributed by atoms with Crippen LogP contribution in [-0.4, -0.2) is 34.8 Å². The molecule has 1 aliphatic rings. The quantitative estimate of drug-likeness (QED) is 0.161. The van der Waals surface area contributed by atoms with Crippen LogP contribution in [0.2, 0.25) is 0 Å². The second-order valence-corrected chi connectivity index (χ2v) is 11.6. The molecule has 1 heterocycles. The second kappa shape index (κ2) is 13.9. The van der Waals surface area contributed by atoms with E-state index < -0.39 is 17.1 Å². The van der Waals surface area contributed by atoms with Crippen molar-refractivity contribution in [3.05, 3.63) is 126 Å². The van der Waals surface area contributed by atoms with E-state index in [4.69, 9.17) is 0 Å². The number of rotatable bonds is 9. The Morgan fingerprint density at radius 2 is 1.42 bits per heavy atom. The maximum atomic E-state index is 13.4. The van der Waals surface area contributed by atoms with Crippen molar-refractivity contribution in [2.45, 2.75) is 30.4 Å². The zero-order chi connectivity index (χ0) is 31.9. The third-order valence-electron chi connectivity index (χ3n) is 6.96. The smallest absolute Gasteiger partial charge is 0.272 e. The van der Waals surface area contributed by atoms with Gasteiger partial charge in [-0.3, -0.25) is 24.0 Å². The third-order valence-corrected chi connectivity index (χ3v) is 8.16. The highest BCUT2D eigenvalue weighted by Gasteiger charge is 2.40. The normalized spacial score (nSPS) is 14.7. The molecule has 1 fully saturated rings. The maximum Gasteiger partial charge on any atom is 0.272 e. The first-order chi connectivity index (χ1) is 21.7. The van der Waals surface area contributed by atoms with Gasteiger partial charge < -0.3 is 16.0 Å².